The second-order valence-corrected chi connectivity index (χ2v) is 3.71. The van der Waals surface area contributed by atoms with Gasteiger partial charge in [-0.1, -0.05) is 27.2 Å². The Morgan fingerprint density at radius 1 is 1.30 bits per heavy atom. The zero-order chi connectivity index (χ0) is 7.72. The van der Waals surface area contributed by atoms with Crippen LogP contribution >= 0.6 is 0 Å². The Labute approximate surface area is 62.8 Å². The van der Waals surface area contributed by atoms with Gasteiger partial charge in [-0.15, -0.1) is 0 Å². The SMILES string of the molecule is CCC1C(C)CC(C)C1F. The van der Waals surface area contributed by atoms with Gasteiger partial charge < -0.3 is 0 Å². The number of rotatable bonds is 1. The maximum atomic E-state index is 13.2. The maximum Gasteiger partial charge on any atom is 0.106 e. The number of halogens is 1. The van der Waals surface area contributed by atoms with E-state index in [0.29, 0.717) is 17.8 Å². The Morgan fingerprint density at radius 2 is 1.90 bits per heavy atom. The highest BCUT2D eigenvalue weighted by molar-refractivity contribution is 4.86. The second-order valence-electron chi connectivity index (χ2n) is 3.71. The van der Waals surface area contributed by atoms with Gasteiger partial charge in [0.2, 0.25) is 0 Å². The van der Waals surface area contributed by atoms with Crippen LogP contribution in [0.15, 0.2) is 0 Å². The van der Waals surface area contributed by atoms with Crippen molar-refractivity contribution in [3.05, 3.63) is 0 Å². The van der Waals surface area contributed by atoms with Gasteiger partial charge >= 0.3 is 0 Å². The smallest absolute Gasteiger partial charge is 0.106 e. The molecule has 10 heavy (non-hydrogen) atoms. The van der Waals surface area contributed by atoms with Crippen molar-refractivity contribution in [3.63, 3.8) is 0 Å². The molecule has 60 valence electrons. The zero-order valence-corrected chi connectivity index (χ0v) is 7.10. The molecule has 0 heterocycles. The number of hydrogen-bond acceptors (Lipinski definition) is 0. The van der Waals surface area contributed by atoms with Crippen LogP contribution in [0.4, 0.5) is 4.39 Å². The molecule has 0 saturated heterocycles. The van der Waals surface area contributed by atoms with E-state index in [1.807, 2.05) is 6.92 Å². The summed E-state index contributed by atoms with van der Waals surface area (Å²) < 4.78 is 13.2. The van der Waals surface area contributed by atoms with Gasteiger partial charge in [-0.3, -0.25) is 0 Å². The van der Waals surface area contributed by atoms with Crippen molar-refractivity contribution in [2.24, 2.45) is 17.8 Å². The van der Waals surface area contributed by atoms with Crippen molar-refractivity contribution < 1.29 is 4.39 Å². The fourth-order valence-corrected chi connectivity index (χ4v) is 2.25. The van der Waals surface area contributed by atoms with Gasteiger partial charge in [0.1, 0.15) is 6.17 Å². The Balaban J connectivity index is 2.55. The van der Waals surface area contributed by atoms with Gasteiger partial charge in [-0.2, -0.15) is 0 Å². The predicted octanol–water partition coefficient (Wildman–Crippen LogP) is 3.03. The summed E-state index contributed by atoms with van der Waals surface area (Å²) in [5.41, 5.74) is 0. The van der Waals surface area contributed by atoms with Gasteiger partial charge in [0.25, 0.3) is 0 Å². The molecule has 1 fully saturated rings. The van der Waals surface area contributed by atoms with Crippen molar-refractivity contribution >= 4 is 0 Å². The normalized spacial score (nSPS) is 48.0. The Hall–Kier alpha value is -0.0700. The summed E-state index contributed by atoms with van der Waals surface area (Å²) >= 11 is 0. The zero-order valence-electron chi connectivity index (χ0n) is 7.10. The molecule has 0 radical (unpaired) electrons. The highest BCUT2D eigenvalue weighted by Crippen LogP contribution is 2.39. The van der Waals surface area contributed by atoms with Crippen molar-refractivity contribution in [1.82, 2.24) is 0 Å². The van der Waals surface area contributed by atoms with Gasteiger partial charge in [-0.05, 0) is 24.2 Å². The second kappa shape index (κ2) is 2.89. The molecule has 1 aliphatic carbocycles. The van der Waals surface area contributed by atoms with Gasteiger partial charge in [0, 0.05) is 0 Å². The maximum absolute atomic E-state index is 13.2. The summed E-state index contributed by atoms with van der Waals surface area (Å²) in [6, 6.07) is 0. The van der Waals surface area contributed by atoms with Crippen molar-refractivity contribution in [3.8, 4) is 0 Å². The molecule has 0 N–H and O–H groups in total. The standard InChI is InChI=1S/C9H17F/c1-4-8-6(2)5-7(3)9(8)10/h6-9H,4-5H2,1-3H3. The largest absolute Gasteiger partial charge is 0.247 e. The van der Waals surface area contributed by atoms with Crippen molar-refractivity contribution in [1.29, 1.82) is 0 Å². The first-order chi connectivity index (χ1) is 4.66. The van der Waals surface area contributed by atoms with Crippen LogP contribution in [0, 0.1) is 17.8 Å². The van der Waals surface area contributed by atoms with Gasteiger partial charge in [0.15, 0.2) is 0 Å². The molecule has 4 unspecified atom stereocenters. The summed E-state index contributed by atoms with van der Waals surface area (Å²) in [4.78, 5) is 0. The average molecular weight is 144 g/mol. The van der Waals surface area contributed by atoms with Crippen LogP contribution in [0.25, 0.3) is 0 Å². The molecule has 1 saturated carbocycles. The summed E-state index contributed by atoms with van der Waals surface area (Å²) in [5, 5.41) is 0. The molecular formula is C9H17F. The van der Waals surface area contributed by atoms with Gasteiger partial charge in [0.05, 0.1) is 0 Å². The quantitative estimate of drug-likeness (QED) is 0.530. The van der Waals surface area contributed by atoms with E-state index in [2.05, 4.69) is 13.8 Å². The van der Waals surface area contributed by atoms with Crippen LogP contribution in [0.5, 0.6) is 0 Å². The average Bonchev–Trinajstić information content (AvgIpc) is 2.09. The summed E-state index contributed by atoms with van der Waals surface area (Å²) in [6.45, 7) is 6.28. The third-order valence-electron chi connectivity index (χ3n) is 2.90. The molecule has 1 aliphatic rings. The molecule has 0 aromatic carbocycles. The van der Waals surface area contributed by atoms with Crippen LogP contribution in [-0.4, -0.2) is 6.17 Å². The molecule has 1 heteroatoms. The van der Waals surface area contributed by atoms with Crippen molar-refractivity contribution in [2.45, 2.75) is 39.8 Å². The number of alkyl halides is 1. The fraction of sp³-hybridized carbons (Fsp3) is 1.00. The third kappa shape index (κ3) is 1.18. The Bertz CT molecular complexity index is 111. The summed E-state index contributed by atoms with van der Waals surface area (Å²) in [7, 11) is 0. The topological polar surface area (TPSA) is 0 Å². The first-order valence-electron chi connectivity index (χ1n) is 4.30. The molecule has 4 atom stereocenters. The number of hydrogen-bond donors (Lipinski definition) is 0. The molecule has 0 nitrogen and oxygen atoms in total. The first kappa shape index (κ1) is 8.03. The highest BCUT2D eigenvalue weighted by atomic mass is 19.1. The lowest BCUT2D eigenvalue weighted by atomic mass is 9.95. The first-order valence-corrected chi connectivity index (χ1v) is 4.30. The minimum Gasteiger partial charge on any atom is -0.247 e. The fourth-order valence-electron chi connectivity index (χ4n) is 2.25. The highest BCUT2D eigenvalue weighted by Gasteiger charge is 2.37. The van der Waals surface area contributed by atoms with E-state index in [0.717, 1.165) is 12.8 Å². The van der Waals surface area contributed by atoms with E-state index in [-0.39, 0.29) is 0 Å². The van der Waals surface area contributed by atoms with Crippen molar-refractivity contribution in [2.75, 3.05) is 0 Å². The van der Waals surface area contributed by atoms with Crippen LogP contribution in [-0.2, 0) is 0 Å². The summed E-state index contributed by atoms with van der Waals surface area (Å²) in [6.07, 6.45) is 1.56. The molecule has 0 amide bonds. The Morgan fingerprint density at radius 3 is 2.10 bits per heavy atom. The Kier molecular flexibility index (Phi) is 2.32. The molecule has 0 aromatic rings. The minimum atomic E-state index is -0.528. The van der Waals surface area contributed by atoms with Crippen LogP contribution < -0.4 is 0 Å². The molecular weight excluding hydrogens is 127 g/mol. The molecule has 0 bridgehead atoms. The van der Waals surface area contributed by atoms with E-state index in [4.69, 9.17) is 0 Å². The lowest BCUT2D eigenvalue weighted by Crippen LogP contribution is -2.15. The monoisotopic (exact) mass is 144 g/mol. The van der Waals surface area contributed by atoms with E-state index < -0.39 is 6.17 Å². The third-order valence-corrected chi connectivity index (χ3v) is 2.90. The van der Waals surface area contributed by atoms with E-state index in [9.17, 15) is 4.39 Å². The molecule has 0 aromatic heterocycles. The molecule has 0 aliphatic heterocycles. The minimum absolute atomic E-state index is 0.306. The van der Waals surface area contributed by atoms with Crippen LogP contribution in [0.3, 0.4) is 0 Å². The van der Waals surface area contributed by atoms with Gasteiger partial charge in [-0.25, -0.2) is 4.39 Å². The molecule has 1 rings (SSSR count). The van der Waals surface area contributed by atoms with E-state index >= 15 is 0 Å². The summed E-state index contributed by atoms with van der Waals surface area (Å²) in [5.74, 6) is 1.25. The van der Waals surface area contributed by atoms with Crippen LogP contribution in [0.1, 0.15) is 33.6 Å². The predicted molar refractivity (Wildman–Crippen MR) is 41.6 cm³/mol. The van der Waals surface area contributed by atoms with E-state index in [1.54, 1.807) is 0 Å². The van der Waals surface area contributed by atoms with E-state index in [1.165, 1.54) is 0 Å². The lowest BCUT2D eigenvalue weighted by molar-refractivity contribution is 0.199. The van der Waals surface area contributed by atoms with Crippen LogP contribution in [0.2, 0.25) is 0 Å². The molecule has 0 spiro atoms. The lowest BCUT2D eigenvalue weighted by Gasteiger charge is -2.14.